The van der Waals surface area contributed by atoms with E-state index in [9.17, 15) is 14.4 Å². The highest BCUT2D eigenvalue weighted by atomic mass is 16.6. The van der Waals surface area contributed by atoms with Crippen LogP contribution in [0.1, 0.15) is 316 Å². The van der Waals surface area contributed by atoms with Crippen LogP contribution in [0.2, 0.25) is 0 Å². The third kappa shape index (κ3) is 54.4. The summed E-state index contributed by atoms with van der Waals surface area (Å²) in [6.45, 7) is 6.63. The van der Waals surface area contributed by atoms with Gasteiger partial charge in [0, 0.05) is 19.3 Å². The Labute approximate surface area is 416 Å². The molecule has 67 heavy (non-hydrogen) atoms. The van der Waals surface area contributed by atoms with Crippen LogP contribution in [0.4, 0.5) is 0 Å². The minimum absolute atomic E-state index is 0.0763. The molecule has 0 radical (unpaired) electrons. The maximum atomic E-state index is 12.8. The first-order valence-corrected chi connectivity index (χ1v) is 29.5. The molecule has 0 amide bonds. The third-order valence-corrected chi connectivity index (χ3v) is 13.1. The summed E-state index contributed by atoms with van der Waals surface area (Å²) >= 11 is 0. The Morgan fingerprint density at radius 3 is 0.866 bits per heavy atom. The zero-order chi connectivity index (χ0) is 48.6. The van der Waals surface area contributed by atoms with Gasteiger partial charge in [0.2, 0.25) is 0 Å². The molecule has 0 heterocycles. The Bertz CT molecular complexity index is 1130. The molecule has 6 heteroatoms. The quantitative estimate of drug-likeness (QED) is 0.0262. The van der Waals surface area contributed by atoms with Crippen molar-refractivity contribution >= 4 is 17.9 Å². The Hall–Kier alpha value is -2.37. The molecule has 0 saturated heterocycles. The summed E-state index contributed by atoms with van der Waals surface area (Å²) < 4.78 is 16.9. The Morgan fingerprint density at radius 2 is 0.537 bits per heavy atom. The molecule has 0 rings (SSSR count). The van der Waals surface area contributed by atoms with E-state index >= 15 is 0 Å². The van der Waals surface area contributed by atoms with Gasteiger partial charge in [0.1, 0.15) is 13.2 Å². The lowest BCUT2D eigenvalue weighted by Crippen LogP contribution is -2.30. The molecule has 0 aromatic rings. The van der Waals surface area contributed by atoms with Crippen molar-refractivity contribution < 1.29 is 28.6 Å². The average molecular weight is 942 g/mol. The second-order valence-electron chi connectivity index (χ2n) is 19.9. The van der Waals surface area contributed by atoms with E-state index in [2.05, 4.69) is 57.2 Å². The van der Waals surface area contributed by atoms with Crippen molar-refractivity contribution in [2.45, 2.75) is 322 Å². The van der Waals surface area contributed by atoms with Gasteiger partial charge in [0.25, 0.3) is 0 Å². The molecule has 0 unspecified atom stereocenters. The standard InChI is InChI=1S/C61H112O6/c1-4-7-10-13-16-19-22-25-28-29-30-31-34-36-39-42-45-48-51-54-60(63)66-57-58(67-61(64)55-52-49-46-43-40-37-33-27-24-21-18-15-12-9-6-3)56-65-59(62)53-50-47-44-41-38-35-32-26-23-20-17-14-11-8-5-2/h17,20,26-27,32-33,58H,4-16,18-19,21-25,28-31,34-57H2,1-3H3/b20-17-,32-26-,33-27-/t58-/m1/s1. The van der Waals surface area contributed by atoms with Gasteiger partial charge in [-0.25, -0.2) is 0 Å². The van der Waals surface area contributed by atoms with E-state index in [0.29, 0.717) is 19.3 Å². The Morgan fingerprint density at radius 1 is 0.299 bits per heavy atom. The number of carbonyl (C=O) groups excluding carboxylic acids is 3. The number of rotatable bonds is 54. The van der Waals surface area contributed by atoms with Crippen molar-refractivity contribution in [2.75, 3.05) is 13.2 Å². The van der Waals surface area contributed by atoms with Gasteiger partial charge >= 0.3 is 17.9 Å². The highest BCUT2D eigenvalue weighted by molar-refractivity contribution is 5.71. The molecule has 0 aliphatic heterocycles. The maximum absolute atomic E-state index is 12.8. The van der Waals surface area contributed by atoms with Crippen LogP contribution in [0.5, 0.6) is 0 Å². The molecule has 0 spiro atoms. The summed E-state index contributed by atoms with van der Waals surface area (Å²) in [5.41, 5.74) is 0. The summed E-state index contributed by atoms with van der Waals surface area (Å²) in [6, 6.07) is 0. The van der Waals surface area contributed by atoms with E-state index in [0.717, 1.165) is 83.5 Å². The first-order chi connectivity index (χ1) is 33.0. The molecule has 392 valence electrons. The Kier molecular flexibility index (Phi) is 54.2. The number of carbonyl (C=O) groups is 3. The summed E-state index contributed by atoms with van der Waals surface area (Å²) in [6.07, 6.45) is 67.0. The fourth-order valence-corrected chi connectivity index (χ4v) is 8.65. The van der Waals surface area contributed by atoms with E-state index in [-0.39, 0.29) is 31.1 Å². The summed E-state index contributed by atoms with van der Waals surface area (Å²) in [4.78, 5) is 38.2. The summed E-state index contributed by atoms with van der Waals surface area (Å²) in [5, 5.41) is 0. The monoisotopic (exact) mass is 941 g/mol. The zero-order valence-corrected chi connectivity index (χ0v) is 44.9. The van der Waals surface area contributed by atoms with Crippen molar-refractivity contribution in [3.63, 3.8) is 0 Å². The van der Waals surface area contributed by atoms with Gasteiger partial charge in [0.05, 0.1) is 0 Å². The SMILES string of the molecule is CCCCC/C=C\C/C=C\CCCCCCCC(=O)OC[C@H](COC(=O)CCCCCCCCCCCCCCCCCCCCC)OC(=O)CCCCCCC/C=C\CCCCCCCC. The average Bonchev–Trinajstić information content (AvgIpc) is 3.33. The van der Waals surface area contributed by atoms with E-state index in [1.54, 1.807) is 0 Å². The minimum atomic E-state index is -0.779. The number of allylic oxidation sites excluding steroid dienone is 6. The van der Waals surface area contributed by atoms with Crippen LogP contribution in [0.25, 0.3) is 0 Å². The highest BCUT2D eigenvalue weighted by Crippen LogP contribution is 2.17. The van der Waals surface area contributed by atoms with Crippen molar-refractivity contribution in [3.8, 4) is 0 Å². The molecular weight excluding hydrogens is 829 g/mol. The van der Waals surface area contributed by atoms with Crippen molar-refractivity contribution in [1.29, 1.82) is 0 Å². The molecule has 0 aliphatic carbocycles. The smallest absolute Gasteiger partial charge is 0.306 e. The molecule has 6 nitrogen and oxygen atoms in total. The van der Waals surface area contributed by atoms with E-state index < -0.39 is 6.10 Å². The number of hydrogen-bond acceptors (Lipinski definition) is 6. The van der Waals surface area contributed by atoms with Crippen LogP contribution >= 0.6 is 0 Å². The van der Waals surface area contributed by atoms with Crippen LogP contribution in [-0.4, -0.2) is 37.2 Å². The fraction of sp³-hybridized carbons (Fsp3) is 0.852. The molecule has 0 aliphatic rings. The van der Waals surface area contributed by atoms with E-state index in [1.807, 2.05) is 0 Å². The van der Waals surface area contributed by atoms with Gasteiger partial charge in [-0.2, -0.15) is 0 Å². The summed E-state index contributed by atoms with van der Waals surface area (Å²) in [7, 11) is 0. The Balaban J connectivity index is 4.34. The first kappa shape index (κ1) is 64.6. The second kappa shape index (κ2) is 56.2. The van der Waals surface area contributed by atoms with E-state index in [1.165, 1.54) is 193 Å². The third-order valence-electron chi connectivity index (χ3n) is 13.1. The lowest BCUT2D eigenvalue weighted by atomic mass is 10.0. The minimum Gasteiger partial charge on any atom is -0.462 e. The molecule has 0 bridgehead atoms. The van der Waals surface area contributed by atoms with Crippen LogP contribution in [0.15, 0.2) is 36.5 Å². The van der Waals surface area contributed by atoms with Gasteiger partial charge in [-0.3, -0.25) is 14.4 Å². The van der Waals surface area contributed by atoms with Crippen LogP contribution < -0.4 is 0 Å². The molecular formula is C61H112O6. The van der Waals surface area contributed by atoms with Crippen LogP contribution in [-0.2, 0) is 28.6 Å². The first-order valence-electron chi connectivity index (χ1n) is 29.5. The number of unbranched alkanes of at least 4 members (excludes halogenated alkanes) is 37. The highest BCUT2D eigenvalue weighted by Gasteiger charge is 2.19. The second-order valence-corrected chi connectivity index (χ2v) is 19.9. The van der Waals surface area contributed by atoms with Gasteiger partial charge in [-0.15, -0.1) is 0 Å². The lowest BCUT2D eigenvalue weighted by molar-refractivity contribution is -0.167. The normalized spacial score (nSPS) is 12.2. The number of ether oxygens (including phenoxy) is 3. The largest absolute Gasteiger partial charge is 0.462 e. The van der Waals surface area contributed by atoms with Crippen LogP contribution in [0, 0.1) is 0 Å². The fourth-order valence-electron chi connectivity index (χ4n) is 8.65. The molecule has 1 atom stereocenters. The van der Waals surface area contributed by atoms with Crippen molar-refractivity contribution in [2.24, 2.45) is 0 Å². The van der Waals surface area contributed by atoms with Gasteiger partial charge < -0.3 is 14.2 Å². The zero-order valence-electron chi connectivity index (χ0n) is 44.9. The van der Waals surface area contributed by atoms with Crippen molar-refractivity contribution in [1.82, 2.24) is 0 Å². The van der Waals surface area contributed by atoms with Crippen LogP contribution in [0.3, 0.4) is 0 Å². The topological polar surface area (TPSA) is 78.9 Å². The van der Waals surface area contributed by atoms with Gasteiger partial charge in [-0.1, -0.05) is 256 Å². The predicted molar refractivity (Wildman–Crippen MR) is 289 cm³/mol. The van der Waals surface area contributed by atoms with Crippen molar-refractivity contribution in [3.05, 3.63) is 36.5 Å². The molecule has 0 N–H and O–H groups in total. The van der Waals surface area contributed by atoms with Gasteiger partial charge in [-0.05, 0) is 77.0 Å². The molecule has 0 fully saturated rings. The summed E-state index contributed by atoms with van der Waals surface area (Å²) in [5.74, 6) is -0.881. The number of esters is 3. The maximum Gasteiger partial charge on any atom is 0.306 e. The molecule has 0 saturated carbocycles. The predicted octanol–water partition coefficient (Wildman–Crippen LogP) is 19.7. The van der Waals surface area contributed by atoms with E-state index in [4.69, 9.17) is 14.2 Å². The lowest BCUT2D eigenvalue weighted by Gasteiger charge is -2.18. The number of hydrogen-bond donors (Lipinski definition) is 0. The molecule has 0 aromatic heterocycles. The molecule has 0 aromatic carbocycles. The van der Waals surface area contributed by atoms with Gasteiger partial charge in [0.15, 0.2) is 6.10 Å².